The fourth-order valence-electron chi connectivity index (χ4n) is 2.00. The highest BCUT2D eigenvalue weighted by Gasteiger charge is 2.44. The molecular formula is C11H18N2OS2. The van der Waals surface area contributed by atoms with E-state index in [-0.39, 0.29) is 12.1 Å². The van der Waals surface area contributed by atoms with Crippen molar-refractivity contribution in [3.8, 4) is 0 Å². The standard InChI is InChI=1S/C11H18N2OS2/c1-2-13-11(7-14,9-3-4-9)8-16-10-12-5-6-15-10/h5-6,9,13-14H,2-4,7-8H2,1H3. The Balaban J connectivity index is 1.95. The van der Waals surface area contributed by atoms with Crippen molar-refractivity contribution in [2.75, 3.05) is 18.9 Å². The van der Waals surface area contributed by atoms with Gasteiger partial charge in [-0.05, 0) is 25.3 Å². The number of likely N-dealkylation sites (N-methyl/N-ethyl adjacent to an activating group) is 1. The molecule has 2 rings (SSSR count). The van der Waals surface area contributed by atoms with Gasteiger partial charge in [-0.2, -0.15) is 0 Å². The predicted octanol–water partition coefficient (Wildman–Crippen LogP) is 1.99. The van der Waals surface area contributed by atoms with E-state index in [4.69, 9.17) is 0 Å². The van der Waals surface area contributed by atoms with Crippen molar-refractivity contribution in [2.45, 2.75) is 29.6 Å². The SMILES string of the molecule is CCNC(CO)(CSc1nccs1)C1CC1. The second-order valence-electron chi connectivity index (χ2n) is 4.21. The van der Waals surface area contributed by atoms with Gasteiger partial charge < -0.3 is 10.4 Å². The molecule has 1 heterocycles. The van der Waals surface area contributed by atoms with Crippen LogP contribution in [0, 0.1) is 5.92 Å². The minimum atomic E-state index is -0.0922. The molecule has 0 saturated heterocycles. The molecule has 0 aromatic carbocycles. The van der Waals surface area contributed by atoms with Gasteiger partial charge >= 0.3 is 0 Å². The number of aromatic nitrogens is 1. The summed E-state index contributed by atoms with van der Waals surface area (Å²) in [6.45, 7) is 3.24. The first-order chi connectivity index (χ1) is 7.80. The van der Waals surface area contributed by atoms with Gasteiger partial charge in [-0.15, -0.1) is 11.3 Å². The Bertz CT molecular complexity index is 314. The van der Waals surface area contributed by atoms with E-state index < -0.39 is 0 Å². The molecule has 1 aromatic rings. The molecule has 16 heavy (non-hydrogen) atoms. The zero-order valence-corrected chi connectivity index (χ0v) is 11.1. The second-order valence-corrected chi connectivity index (χ2v) is 6.32. The lowest BCUT2D eigenvalue weighted by Gasteiger charge is -2.32. The van der Waals surface area contributed by atoms with Crippen LogP contribution in [0.25, 0.3) is 0 Å². The second kappa shape index (κ2) is 5.49. The molecule has 3 nitrogen and oxygen atoms in total. The minimum absolute atomic E-state index is 0.0922. The first kappa shape index (κ1) is 12.4. The summed E-state index contributed by atoms with van der Waals surface area (Å²) in [5.74, 6) is 1.56. The van der Waals surface area contributed by atoms with Crippen molar-refractivity contribution in [3.63, 3.8) is 0 Å². The van der Waals surface area contributed by atoms with E-state index in [2.05, 4.69) is 17.2 Å². The monoisotopic (exact) mass is 258 g/mol. The molecule has 0 bridgehead atoms. The summed E-state index contributed by atoms with van der Waals surface area (Å²) in [5, 5.41) is 15.1. The lowest BCUT2D eigenvalue weighted by molar-refractivity contribution is 0.161. The Labute approximate surface area is 105 Å². The van der Waals surface area contributed by atoms with E-state index >= 15 is 0 Å². The maximum atomic E-state index is 9.65. The first-order valence-electron chi connectivity index (χ1n) is 5.69. The fourth-order valence-corrected chi connectivity index (χ4v) is 3.92. The maximum absolute atomic E-state index is 9.65. The summed E-state index contributed by atoms with van der Waals surface area (Å²) >= 11 is 3.42. The fraction of sp³-hybridized carbons (Fsp3) is 0.727. The molecule has 0 spiro atoms. The number of thioether (sulfide) groups is 1. The molecule has 5 heteroatoms. The molecule has 0 radical (unpaired) electrons. The maximum Gasteiger partial charge on any atom is 0.149 e. The smallest absolute Gasteiger partial charge is 0.149 e. The number of hydrogen-bond acceptors (Lipinski definition) is 5. The third-order valence-electron chi connectivity index (χ3n) is 3.03. The number of aliphatic hydroxyl groups excluding tert-OH is 1. The van der Waals surface area contributed by atoms with Gasteiger partial charge in [-0.3, -0.25) is 0 Å². The lowest BCUT2D eigenvalue weighted by Crippen LogP contribution is -2.52. The van der Waals surface area contributed by atoms with Gasteiger partial charge in [0.2, 0.25) is 0 Å². The molecule has 0 aliphatic heterocycles. The van der Waals surface area contributed by atoms with Gasteiger partial charge in [-0.1, -0.05) is 18.7 Å². The van der Waals surface area contributed by atoms with Gasteiger partial charge in [0.15, 0.2) is 0 Å². The summed E-state index contributed by atoms with van der Waals surface area (Å²) in [4.78, 5) is 4.27. The van der Waals surface area contributed by atoms with E-state index in [0.29, 0.717) is 5.92 Å². The van der Waals surface area contributed by atoms with Crippen LogP contribution in [-0.2, 0) is 0 Å². The van der Waals surface area contributed by atoms with Crippen LogP contribution in [0.4, 0.5) is 0 Å². The average molecular weight is 258 g/mol. The van der Waals surface area contributed by atoms with Gasteiger partial charge in [0, 0.05) is 17.3 Å². The number of aliphatic hydroxyl groups is 1. The molecule has 1 aromatic heterocycles. The van der Waals surface area contributed by atoms with Crippen molar-refractivity contribution in [2.24, 2.45) is 5.92 Å². The topological polar surface area (TPSA) is 45.1 Å². The van der Waals surface area contributed by atoms with E-state index in [0.717, 1.165) is 16.6 Å². The van der Waals surface area contributed by atoms with E-state index in [1.54, 1.807) is 23.1 Å². The van der Waals surface area contributed by atoms with Crippen molar-refractivity contribution >= 4 is 23.1 Å². The number of nitrogens with zero attached hydrogens (tertiary/aromatic N) is 1. The summed E-state index contributed by atoms with van der Waals surface area (Å²) in [7, 11) is 0. The third-order valence-corrected chi connectivity index (χ3v) is 5.25. The summed E-state index contributed by atoms with van der Waals surface area (Å²) in [6.07, 6.45) is 4.32. The van der Waals surface area contributed by atoms with Crippen molar-refractivity contribution < 1.29 is 5.11 Å². The minimum Gasteiger partial charge on any atom is -0.394 e. The van der Waals surface area contributed by atoms with Gasteiger partial charge in [0.1, 0.15) is 4.34 Å². The summed E-state index contributed by atoms with van der Waals surface area (Å²) in [6, 6.07) is 0. The lowest BCUT2D eigenvalue weighted by atomic mass is 9.97. The highest BCUT2D eigenvalue weighted by molar-refractivity contribution is 8.01. The molecule has 2 N–H and O–H groups in total. The van der Waals surface area contributed by atoms with Crippen molar-refractivity contribution in [3.05, 3.63) is 11.6 Å². The molecule has 1 saturated carbocycles. The van der Waals surface area contributed by atoms with Gasteiger partial charge in [-0.25, -0.2) is 4.98 Å². The molecule has 1 aliphatic rings. The number of nitrogens with one attached hydrogen (secondary N) is 1. The van der Waals surface area contributed by atoms with Crippen LogP contribution < -0.4 is 5.32 Å². The first-order valence-corrected chi connectivity index (χ1v) is 7.55. The van der Waals surface area contributed by atoms with Crippen LogP contribution in [0.1, 0.15) is 19.8 Å². The van der Waals surface area contributed by atoms with Gasteiger partial charge in [0.05, 0.1) is 12.1 Å². The van der Waals surface area contributed by atoms with E-state index in [1.165, 1.54) is 12.8 Å². The molecular weight excluding hydrogens is 240 g/mol. The van der Waals surface area contributed by atoms with Crippen LogP contribution in [0.5, 0.6) is 0 Å². The number of rotatable bonds is 7. The van der Waals surface area contributed by atoms with Crippen molar-refractivity contribution in [1.29, 1.82) is 0 Å². The van der Waals surface area contributed by atoms with Crippen LogP contribution in [-0.4, -0.2) is 34.5 Å². The number of hydrogen-bond donors (Lipinski definition) is 2. The zero-order chi connectivity index (χ0) is 11.4. The quantitative estimate of drug-likeness (QED) is 0.734. The third kappa shape index (κ3) is 2.77. The molecule has 1 unspecified atom stereocenters. The number of thiazole rings is 1. The van der Waals surface area contributed by atoms with Gasteiger partial charge in [0.25, 0.3) is 0 Å². The Hall–Kier alpha value is -0.100. The highest BCUT2D eigenvalue weighted by Crippen LogP contribution is 2.42. The average Bonchev–Trinajstić information content (AvgIpc) is 3.03. The predicted molar refractivity (Wildman–Crippen MR) is 69.1 cm³/mol. The zero-order valence-electron chi connectivity index (χ0n) is 9.48. The summed E-state index contributed by atoms with van der Waals surface area (Å²) in [5.41, 5.74) is -0.0922. The Morgan fingerprint density at radius 1 is 1.69 bits per heavy atom. The van der Waals surface area contributed by atoms with Crippen LogP contribution in [0.15, 0.2) is 15.9 Å². The van der Waals surface area contributed by atoms with Crippen LogP contribution in [0.2, 0.25) is 0 Å². The largest absolute Gasteiger partial charge is 0.394 e. The highest BCUT2D eigenvalue weighted by atomic mass is 32.2. The Morgan fingerprint density at radius 3 is 3.00 bits per heavy atom. The molecule has 1 atom stereocenters. The Morgan fingerprint density at radius 2 is 2.50 bits per heavy atom. The molecule has 1 fully saturated rings. The Kier molecular flexibility index (Phi) is 4.24. The molecule has 90 valence electrons. The molecule has 0 amide bonds. The summed E-state index contributed by atoms with van der Waals surface area (Å²) < 4.78 is 1.09. The van der Waals surface area contributed by atoms with E-state index in [9.17, 15) is 5.11 Å². The van der Waals surface area contributed by atoms with Crippen molar-refractivity contribution in [1.82, 2.24) is 10.3 Å². The van der Waals surface area contributed by atoms with Crippen LogP contribution >= 0.6 is 23.1 Å². The normalized spacial score (nSPS) is 19.6. The van der Waals surface area contributed by atoms with E-state index in [1.807, 2.05) is 11.6 Å². The molecule has 1 aliphatic carbocycles. The van der Waals surface area contributed by atoms with Crippen LogP contribution in [0.3, 0.4) is 0 Å².